The Morgan fingerprint density at radius 3 is 2.74 bits per heavy atom. The Morgan fingerprint density at radius 1 is 1.30 bits per heavy atom. The second-order valence-corrected chi connectivity index (χ2v) is 6.71. The van der Waals surface area contributed by atoms with Gasteiger partial charge in [0.1, 0.15) is 11.4 Å². The highest BCUT2D eigenvalue weighted by atomic mass is 16.5. The number of pyridine rings is 2. The highest BCUT2D eigenvalue weighted by Gasteiger charge is 2.19. The monoisotopic (exact) mass is 370 g/mol. The van der Waals surface area contributed by atoms with Crippen molar-refractivity contribution in [3.8, 4) is 5.75 Å². The van der Waals surface area contributed by atoms with Crippen molar-refractivity contribution in [1.82, 2.24) is 14.9 Å². The average molecular weight is 370 g/mol. The van der Waals surface area contributed by atoms with Gasteiger partial charge >= 0.3 is 0 Å². The SMILES string of the molecule is COc1c(C)cnc(CN(C)C(=O)c2cc(N3CCOCC3)ccn2)c1C. The van der Waals surface area contributed by atoms with Gasteiger partial charge in [0.25, 0.3) is 5.91 Å². The summed E-state index contributed by atoms with van der Waals surface area (Å²) in [5, 5.41) is 0. The van der Waals surface area contributed by atoms with E-state index in [2.05, 4.69) is 14.9 Å². The number of ether oxygens (including phenoxy) is 2. The Hall–Kier alpha value is -2.67. The van der Waals surface area contributed by atoms with Crippen molar-refractivity contribution in [3.63, 3.8) is 0 Å². The van der Waals surface area contributed by atoms with Gasteiger partial charge in [-0.25, -0.2) is 0 Å². The summed E-state index contributed by atoms with van der Waals surface area (Å²) in [6.45, 7) is 7.35. The van der Waals surface area contributed by atoms with Gasteiger partial charge in [0.05, 0.1) is 32.6 Å². The number of hydrogen-bond donors (Lipinski definition) is 0. The van der Waals surface area contributed by atoms with Crippen LogP contribution in [0.3, 0.4) is 0 Å². The van der Waals surface area contributed by atoms with E-state index in [-0.39, 0.29) is 5.91 Å². The smallest absolute Gasteiger partial charge is 0.272 e. The highest BCUT2D eigenvalue weighted by molar-refractivity contribution is 5.93. The van der Waals surface area contributed by atoms with Gasteiger partial charge in [-0.2, -0.15) is 0 Å². The number of methoxy groups -OCH3 is 1. The maximum Gasteiger partial charge on any atom is 0.272 e. The van der Waals surface area contributed by atoms with Crippen molar-refractivity contribution in [2.75, 3.05) is 45.4 Å². The van der Waals surface area contributed by atoms with Gasteiger partial charge in [-0.3, -0.25) is 14.8 Å². The molecular formula is C20H26N4O3. The lowest BCUT2D eigenvalue weighted by Gasteiger charge is -2.29. The Bertz CT molecular complexity index is 819. The number of morpholine rings is 1. The van der Waals surface area contributed by atoms with Gasteiger partial charge in [0.15, 0.2) is 0 Å². The molecule has 144 valence electrons. The average Bonchev–Trinajstić information content (AvgIpc) is 2.70. The molecule has 1 amide bonds. The van der Waals surface area contributed by atoms with E-state index in [1.54, 1.807) is 31.5 Å². The molecule has 1 saturated heterocycles. The minimum atomic E-state index is -0.133. The molecule has 0 spiro atoms. The fraction of sp³-hybridized carbons (Fsp3) is 0.450. The molecule has 0 atom stereocenters. The second-order valence-electron chi connectivity index (χ2n) is 6.71. The number of rotatable bonds is 5. The largest absolute Gasteiger partial charge is 0.496 e. The molecule has 1 aliphatic heterocycles. The molecule has 0 saturated carbocycles. The summed E-state index contributed by atoms with van der Waals surface area (Å²) in [6.07, 6.45) is 3.46. The van der Waals surface area contributed by atoms with Gasteiger partial charge < -0.3 is 19.3 Å². The normalized spacial score (nSPS) is 14.1. The van der Waals surface area contributed by atoms with Crippen molar-refractivity contribution in [3.05, 3.63) is 47.0 Å². The number of hydrogen-bond acceptors (Lipinski definition) is 6. The van der Waals surface area contributed by atoms with E-state index < -0.39 is 0 Å². The number of carbonyl (C=O) groups excluding carboxylic acids is 1. The minimum Gasteiger partial charge on any atom is -0.496 e. The fourth-order valence-electron chi connectivity index (χ4n) is 3.28. The van der Waals surface area contributed by atoms with Gasteiger partial charge in [-0.05, 0) is 26.0 Å². The molecule has 0 N–H and O–H groups in total. The van der Waals surface area contributed by atoms with Gasteiger partial charge in [-0.15, -0.1) is 0 Å². The van der Waals surface area contributed by atoms with Crippen LogP contribution in [0.25, 0.3) is 0 Å². The van der Waals surface area contributed by atoms with Crippen LogP contribution in [-0.2, 0) is 11.3 Å². The molecule has 7 heteroatoms. The van der Waals surface area contributed by atoms with Crippen LogP contribution in [0, 0.1) is 13.8 Å². The number of aromatic nitrogens is 2. The van der Waals surface area contributed by atoms with Crippen molar-refractivity contribution in [1.29, 1.82) is 0 Å². The summed E-state index contributed by atoms with van der Waals surface area (Å²) in [5.74, 6) is 0.680. The lowest BCUT2D eigenvalue weighted by Crippen LogP contribution is -2.36. The maximum atomic E-state index is 12.9. The summed E-state index contributed by atoms with van der Waals surface area (Å²) in [5.41, 5.74) is 4.17. The Balaban J connectivity index is 1.76. The van der Waals surface area contributed by atoms with Gasteiger partial charge in [0.2, 0.25) is 0 Å². The zero-order chi connectivity index (χ0) is 19.4. The molecule has 0 radical (unpaired) electrons. The molecule has 7 nitrogen and oxygen atoms in total. The van der Waals surface area contributed by atoms with E-state index in [1.807, 2.05) is 26.0 Å². The van der Waals surface area contributed by atoms with Crippen LogP contribution >= 0.6 is 0 Å². The predicted octanol–water partition coefficient (Wildman–Crippen LogP) is 2.21. The van der Waals surface area contributed by atoms with Crippen LogP contribution in [0.1, 0.15) is 27.3 Å². The van der Waals surface area contributed by atoms with E-state index in [0.717, 1.165) is 41.3 Å². The highest BCUT2D eigenvalue weighted by Crippen LogP contribution is 2.25. The number of anilines is 1. The third-order valence-electron chi connectivity index (χ3n) is 4.82. The topological polar surface area (TPSA) is 67.8 Å². The standard InChI is InChI=1S/C20H26N4O3/c1-14-12-22-18(15(2)19(14)26-4)13-23(3)20(25)17-11-16(5-6-21-17)24-7-9-27-10-8-24/h5-6,11-12H,7-10,13H2,1-4H3. The first kappa shape index (κ1) is 19.1. The van der Waals surface area contributed by atoms with Crippen molar-refractivity contribution in [2.24, 2.45) is 0 Å². The van der Waals surface area contributed by atoms with Crippen LogP contribution in [-0.4, -0.2) is 61.2 Å². The Morgan fingerprint density at radius 2 is 2.04 bits per heavy atom. The van der Waals surface area contributed by atoms with Crippen molar-refractivity contribution in [2.45, 2.75) is 20.4 Å². The Kier molecular flexibility index (Phi) is 5.91. The number of amides is 1. The maximum absolute atomic E-state index is 12.9. The minimum absolute atomic E-state index is 0.133. The van der Waals surface area contributed by atoms with Crippen LogP contribution in [0.15, 0.2) is 24.5 Å². The molecule has 0 aliphatic carbocycles. The summed E-state index contributed by atoms with van der Waals surface area (Å²) in [6, 6.07) is 3.78. The van der Waals surface area contributed by atoms with E-state index in [1.165, 1.54) is 0 Å². The molecule has 2 aromatic heterocycles. The molecule has 27 heavy (non-hydrogen) atoms. The Labute approximate surface area is 159 Å². The second kappa shape index (κ2) is 8.35. The first-order chi connectivity index (χ1) is 13.0. The summed E-state index contributed by atoms with van der Waals surface area (Å²) in [4.78, 5) is 25.5. The molecule has 3 heterocycles. The number of aryl methyl sites for hydroxylation is 1. The third-order valence-corrected chi connectivity index (χ3v) is 4.82. The fourth-order valence-corrected chi connectivity index (χ4v) is 3.28. The van der Waals surface area contributed by atoms with E-state index >= 15 is 0 Å². The first-order valence-corrected chi connectivity index (χ1v) is 9.04. The molecular weight excluding hydrogens is 344 g/mol. The molecule has 1 fully saturated rings. The quantitative estimate of drug-likeness (QED) is 0.804. The molecule has 0 aromatic carbocycles. The number of nitrogens with zero attached hydrogens (tertiary/aromatic N) is 4. The number of carbonyl (C=O) groups is 1. The zero-order valence-electron chi connectivity index (χ0n) is 16.4. The summed E-state index contributed by atoms with van der Waals surface area (Å²) in [7, 11) is 3.41. The molecule has 2 aromatic rings. The lowest BCUT2D eigenvalue weighted by molar-refractivity contribution is 0.0777. The van der Waals surface area contributed by atoms with Crippen LogP contribution < -0.4 is 9.64 Å². The first-order valence-electron chi connectivity index (χ1n) is 9.04. The molecule has 3 rings (SSSR count). The van der Waals surface area contributed by atoms with E-state index in [9.17, 15) is 4.79 Å². The van der Waals surface area contributed by atoms with E-state index in [4.69, 9.17) is 9.47 Å². The van der Waals surface area contributed by atoms with Crippen LogP contribution in [0.2, 0.25) is 0 Å². The van der Waals surface area contributed by atoms with E-state index in [0.29, 0.717) is 25.5 Å². The van der Waals surface area contributed by atoms with Crippen LogP contribution in [0.5, 0.6) is 5.75 Å². The van der Waals surface area contributed by atoms with Crippen LogP contribution in [0.4, 0.5) is 5.69 Å². The van der Waals surface area contributed by atoms with Crippen molar-refractivity contribution >= 4 is 11.6 Å². The molecule has 1 aliphatic rings. The predicted molar refractivity (Wildman–Crippen MR) is 103 cm³/mol. The van der Waals surface area contributed by atoms with Gasteiger partial charge in [0, 0.05) is 49.3 Å². The lowest BCUT2D eigenvalue weighted by atomic mass is 10.1. The van der Waals surface area contributed by atoms with Gasteiger partial charge in [-0.1, -0.05) is 0 Å². The third kappa shape index (κ3) is 4.19. The zero-order valence-corrected chi connectivity index (χ0v) is 16.4. The molecule has 0 unspecified atom stereocenters. The summed E-state index contributed by atoms with van der Waals surface area (Å²) >= 11 is 0. The molecule has 0 bridgehead atoms. The van der Waals surface area contributed by atoms with Crippen molar-refractivity contribution < 1.29 is 14.3 Å². The summed E-state index contributed by atoms with van der Waals surface area (Å²) < 4.78 is 10.8.